The Morgan fingerprint density at radius 2 is 2.38 bits per heavy atom. The van der Waals surface area contributed by atoms with Crippen LogP contribution in [0.4, 0.5) is 0 Å². The summed E-state index contributed by atoms with van der Waals surface area (Å²) in [6.07, 6.45) is 6.08. The molecule has 0 N–H and O–H groups in total. The Bertz CT molecular complexity index is 141. The van der Waals surface area contributed by atoms with Gasteiger partial charge in [-0.15, -0.1) is 0 Å². The quantitative estimate of drug-likeness (QED) is 0.275. The van der Waals surface area contributed by atoms with E-state index in [-0.39, 0.29) is 21.2 Å². The van der Waals surface area contributed by atoms with E-state index in [1.54, 1.807) is 0 Å². The molecule has 1 aliphatic heterocycles. The van der Waals surface area contributed by atoms with Crippen LogP contribution < -0.4 is 21.2 Å². The summed E-state index contributed by atoms with van der Waals surface area (Å²) < 4.78 is 12.9. The molecule has 0 bridgehead atoms. The predicted molar refractivity (Wildman–Crippen MR) is 29.9 cm³/mol. The van der Waals surface area contributed by atoms with Gasteiger partial charge in [0.1, 0.15) is 0 Å². The number of rotatable bonds is 1. The first kappa shape index (κ1) is 6.35. The maximum atomic E-state index is 10.3. The average molecular weight is 237 g/mol. The van der Waals surface area contributed by atoms with Gasteiger partial charge in [-0.05, 0) is 0 Å². The van der Waals surface area contributed by atoms with Crippen molar-refractivity contribution in [1.82, 2.24) is 0 Å². The van der Waals surface area contributed by atoms with Gasteiger partial charge in [0.2, 0.25) is 0 Å². The van der Waals surface area contributed by atoms with E-state index in [4.69, 9.17) is 0 Å². The van der Waals surface area contributed by atoms with Crippen LogP contribution in [0.1, 0.15) is 0 Å². The number of alkyl halides is 1. The Hall–Kier alpha value is 0.227. The Balaban J connectivity index is 2.51. The van der Waals surface area contributed by atoms with Crippen molar-refractivity contribution >= 4 is 9.41 Å². The summed E-state index contributed by atoms with van der Waals surface area (Å²) in [4.78, 5) is 0. The zero-order chi connectivity index (χ0) is 5.82. The summed E-state index contributed by atoms with van der Waals surface area (Å²) in [5.41, 5.74) is 0. The van der Waals surface area contributed by atoms with Gasteiger partial charge in [-0.1, -0.05) is 0 Å². The molecule has 1 unspecified atom stereocenters. The molecule has 1 atom stereocenters. The van der Waals surface area contributed by atoms with Crippen LogP contribution in [0.5, 0.6) is 0 Å². The minimum absolute atomic E-state index is 0.106. The summed E-state index contributed by atoms with van der Waals surface area (Å²) in [5, 5.41) is 0. The zero-order valence-corrected chi connectivity index (χ0v) is 7.56. The van der Waals surface area contributed by atoms with Crippen LogP contribution in [0.25, 0.3) is 0 Å². The van der Waals surface area contributed by atoms with Gasteiger partial charge in [0, 0.05) is 0 Å². The summed E-state index contributed by atoms with van der Waals surface area (Å²) >= 11 is 0.106. The van der Waals surface area contributed by atoms with E-state index in [2.05, 4.69) is 10.2 Å². The van der Waals surface area contributed by atoms with Crippen LogP contribution in [0.2, 0.25) is 0 Å². The van der Waals surface area contributed by atoms with Crippen LogP contribution in [0, 0.1) is 0 Å². The third kappa shape index (κ3) is 1.63. The molecule has 1 nitrogen and oxygen atoms in total. The van der Waals surface area contributed by atoms with Crippen LogP contribution >= 0.6 is 0 Å². The van der Waals surface area contributed by atoms with E-state index in [0.717, 1.165) is 0 Å². The molecular weight excluding hydrogens is 231 g/mol. The second kappa shape index (κ2) is 3.29. The second-order valence-electron chi connectivity index (χ2n) is 1.41. The summed E-state index contributed by atoms with van der Waals surface area (Å²) in [6, 6.07) is 0. The zero-order valence-electron chi connectivity index (χ0n) is 4.25. The summed E-state index contributed by atoms with van der Waals surface area (Å²) in [5.74, 6) is 0. The van der Waals surface area contributed by atoms with Crippen molar-refractivity contribution in [3.05, 3.63) is 22.3 Å². The molecule has 3 heteroatoms. The van der Waals surface area contributed by atoms with Crippen molar-refractivity contribution < 1.29 is 25.7 Å². The van der Waals surface area contributed by atoms with E-state index >= 15 is 0 Å². The molecule has 1 heterocycles. The fourth-order valence-electron chi connectivity index (χ4n) is 0.455. The van der Waals surface area contributed by atoms with Crippen molar-refractivity contribution in [3.63, 3.8) is 0 Å². The molecule has 0 saturated carbocycles. The Morgan fingerprint density at radius 3 is 2.75 bits per heavy atom. The van der Waals surface area contributed by atoms with Crippen molar-refractivity contribution in [3.8, 4) is 0 Å². The standard InChI is InChI=1S/C5H6IOSi/c7-8-5-3-1-2-4-6-5/h1-5,8H/q-1. The summed E-state index contributed by atoms with van der Waals surface area (Å²) in [7, 11) is -0.552. The first-order valence-electron chi connectivity index (χ1n) is 2.34. The molecule has 0 radical (unpaired) electrons. The molecule has 0 aromatic heterocycles. The molecule has 0 aromatic rings. The van der Waals surface area contributed by atoms with E-state index in [0.29, 0.717) is 3.55 Å². The minimum atomic E-state index is -0.552. The fourth-order valence-corrected chi connectivity index (χ4v) is 3.24. The Kier molecular flexibility index (Phi) is 2.61. The van der Waals surface area contributed by atoms with Gasteiger partial charge in [-0.3, -0.25) is 0 Å². The number of hydrogen-bond acceptors (Lipinski definition) is 1. The molecule has 0 saturated heterocycles. The van der Waals surface area contributed by atoms with Crippen LogP contribution in [0.3, 0.4) is 0 Å². The van der Waals surface area contributed by atoms with E-state index in [9.17, 15) is 4.46 Å². The van der Waals surface area contributed by atoms with E-state index < -0.39 is 9.41 Å². The van der Waals surface area contributed by atoms with Crippen molar-refractivity contribution in [2.24, 2.45) is 0 Å². The first-order valence-corrected chi connectivity index (χ1v) is 5.97. The Morgan fingerprint density at radius 1 is 1.50 bits per heavy atom. The average Bonchev–Trinajstić information content (AvgIpc) is 1.90. The molecule has 0 fully saturated rings. The molecule has 0 amide bonds. The van der Waals surface area contributed by atoms with Crippen LogP contribution in [0.15, 0.2) is 22.3 Å². The third-order valence-corrected chi connectivity index (χ3v) is 5.24. The molecule has 44 valence electrons. The Labute approximate surface area is 61.0 Å². The second-order valence-corrected chi connectivity index (χ2v) is 6.63. The van der Waals surface area contributed by atoms with Gasteiger partial charge >= 0.3 is 60.9 Å². The number of halogens is 1. The fraction of sp³-hybridized carbons (Fsp3) is 0.200. The van der Waals surface area contributed by atoms with Gasteiger partial charge in [-0.25, -0.2) is 0 Å². The van der Waals surface area contributed by atoms with Gasteiger partial charge in [0.25, 0.3) is 0 Å². The first-order chi connectivity index (χ1) is 3.93. The van der Waals surface area contributed by atoms with E-state index in [1.165, 1.54) is 0 Å². The topological polar surface area (TPSA) is 17.1 Å². The molecular formula is C5H6IOSi-. The van der Waals surface area contributed by atoms with Gasteiger partial charge in [0.15, 0.2) is 0 Å². The molecule has 1 aliphatic rings. The van der Waals surface area contributed by atoms with Gasteiger partial charge in [0.05, 0.1) is 0 Å². The molecule has 0 aliphatic carbocycles. The number of hydrogen-bond donors (Lipinski definition) is 0. The molecule has 0 spiro atoms. The van der Waals surface area contributed by atoms with Crippen LogP contribution in [-0.2, 0) is 4.46 Å². The van der Waals surface area contributed by atoms with Crippen LogP contribution in [-0.4, -0.2) is 13.0 Å². The van der Waals surface area contributed by atoms with Crippen molar-refractivity contribution in [1.29, 1.82) is 0 Å². The van der Waals surface area contributed by atoms with Gasteiger partial charge < -0.3 is 0 Å². The molecule has 0 aromatic carbocycles. The van der Waals surface area contributed by atoms with Crippen molar-refractivity contribution in [2.45, 2.75) is 3.55 Å². The summed E-state index contributed by atoms with van der Waals surface area (Å²) in [6.45, 7) is 0. The third-order valence-electron chi connectivity index (χ3n) is 0.827. The molecule has 8 heavy (non-hydrogen) atoms. The normalized spacial score (nSPS) is 26.8. The maximum absolute atomic E-state index is 10.3. The van der Waals surface area contributed by atoms with Crippen molar-refractivity contribution in [2.75, 3.05) is 0 Å². The van der Waals surface area contributed by atoms with Gasteiger partial charge in [-0.2, -0.15) is 0 Å². The predicted octanol–water partition coefficient (Wildman–Crippen LogP) is -2.73. The molecule has 1 rings (SSSR count). The number of allylic oxidation sites excluding steroid dienone is 3. The monoisotopic (exact) mass is 237 g/mol. The SMILES string of the molecule is O=[SiH]C1C=CC=C[I-]1. The van der Waals surface area contributed by atoms with E-state index in [1.807, 2.05) is 12.2 Å².